The van der Waals surface area contributed by atoms with Crippen LogP contribution in [0.25, 0.3) is 0 Å². The molecular formula is C16H25N3O. The van der Waals surface area contributed by atoms with Crippen LogP contribution in [-0.4, -0.2) is 37.0 Å². The highest BCUT2D eigenvalue weighted by Gasteiger charge is 2.31. The highest BCUT2D eigenvalue weighted by Crippen LogP contribution is 2.27. The van der Waals surface area contributed by atoms with Crippen molar-refractivity contribution in [1.29, 1.82) is 0 Å². The number of hydrogen-bond donors (Lipinski definition) is 1. The van der Waals surface area contributed by atoms with Crippen molar-refractivity contribution in [1.82, 2.24) is 4.90 Å². The molecule has 20 heavy (non-hydrogen) atoms. The van der Waals surface area contributed by atoms with Gasteiger partial charge in [0.05, 0.1) is 6.54 Å². The number of rotatable bonds is 6. The predicted octanol–water partition coefficient (Wildman–Crippen LogP) is 2.35. The summed E-state index contributed by atoms with van der Waals surface area (Å²) in [5.41, 5.74) is 7.28. The van der Waals surface area contributed by atoms with Crippen LogP contribution in [0.1, 0.15) is 26.7 Å². The minimum Gasteiger partial charge on any atom is -0.399 e. The number of amides is 1. The van der Waals surface area contributed by atoms with Gasteiger partial charge in [-0.15, -0.1) is 0 Å². The van der Waals surface area contributed by atoms with Crippen LogP contribution in [0.15, 0.2) is 24.3 Å². The standard InChI is InChI=1S/C16H25N3O/c1-12(2)10-19(15-8-9-15)11-16(20)18(3)14-6-4-13(17)5-7-14/h4-7,12,15H,8-11,17H2,1-3H3. The van der Waals surface area contributed by atoms with Crippen LogP contribution in [-0.2, 0) is 4.79 Å². The number of carbonyl (C=O) groups excluding carboxylic acids is 1. The van der Waals surface area contributed by atoms with Crippen LogP contribution in [0.3, 0.4) is 0 Å². The van der Waals surface area contributed by atoms with E-state index in [4.69, 9.17) is 5.73 Å². The smallest absolute Gasteiger partial charge is 0.240 e. The molecule has 4 heteroatoms. The number of nitrogen functional groups attached to an aromatic ring is 1. The van der Waals surface area contributed by atoms with E-state index >= 15 is 0 Å². The van der Waals surface area contributed by atoms with Crippen LogP contribution in [0, 0.1) is 5.92 Å². The third-order valence-electron chi connectivity index (χ3n) is 3.66. The molecule has 0 aromatic heterocycles. The fraction of sp³-hybridized carbons (Fsp3) is 0.562. The van der Waals surface area contributed by atoms with E-state index in [0.717, 1.165) is 12.2 Å². The minimum atomic E-state index is 0.141. The summed E-state index contributed by atoms with van der Waals surface area (Å²) in [6.07, 6.45) is 2.46. The van der Waals surface area contributed by atoms with Gasteiger partial charge in [0, 0.05) is 31.0 Å². The van der Waals surface area contributed by atoms with Gasteiger partial charge in [0.2, 0.25) is 5.91 Å². The average molecular weight is 275 g/mol. The number of anilines is 2. The van der Waals surface area contributed by atoms with E-state index < -0.39 is 0 Å². The molecule has 4 nitrogen and oxygen atoms in total. The highest BCUT2D eigenvalue weighted by molar-refractivity contribution is 5.94. The molecule has 0 bridgehead atoms. The molecule has 0 atom stereocenters. The molecule has 0 heterocycles. The minimum absolute atomic E-state index is 0.141. The van der Waals surface area contributed by atoms with Crippen molar-refractivity contribution < 1.29 is 4.79 Å². The SMILES string of the molecule is CC(C)CN(CC(=O)N(C)c1ccc(N)cc1)C1CC1. The molecule has 1 aromatic carbocycles. The molecule has 1 aliphatic carbocycles. The van der Waals surface area contributed by atoms with Crippen LogP contribution in [0.4, 0.5) is 11.4 Å². The zero-order chi connectivity index (χ0) is 14.7. The van der Waals surface area contributed by atoms with Crippen molar-refractivity contribution in [2.75, 3.05) is 30.8 Å². The lowest BCUT2D eigenvalue weighted by atomic mass is 10.2. The topological polar surface area (TPSA) is 49.6 Å². The molecule has 2 rings (SSSR count). The second kappa shape index (κ2) is 6.27. The summed E-state index contributed by atoms with van der Waals surface area (Å²) >= 11 is 0. The molecule has 0 spiro atoms. The Hall–Kier alpha value is -1.55. The first kappa shape index (κ1) is 14.9. The monoisotopic (exact) mass is 275 g/mol. The number of nitrogens with two attached hydrogens (primary N) is 1. The maximum atomic E-state index is 12.4. The predicted molar refractivity (Wildman–Crippen MR) is 83.7 cm³/mol. The third-order valence-corrected chi connectivity index (χ3v) is 3.66. The fourth-order valence-electron chi connectivity index (χ4n) is 2.37. The lowest BCUT2D eigenvalue weighted by Gasteiger charge is -2.26. The molecule has 1 aromatic rings. The molecule has 1 amide bonds. The van der Waals surface area contributed by atoms with Gasteiger partial charge < -0.3 is 10.6 Å². The van der Waals surface area contributed by atoms with Crippen molar-refractivity contribution in [2.45, 2.75) is 32.7 Å². The highest BCUT2D eigenvalue weighted by atomic mass is 16.2. The van der Waals surface area contributed by atoms with Gasteiger partial charge in [-0.2, -0.15) is 0 Å². The van der Waals surface area contributed by atoms with Crippen LogP contribution >= 0.6 is 0 Å². The van der Waals surface area contributed by atoms with Crippen LogP contribution in [0.2, 0.25) is 0 Å². The number of benzene rings is 1. The summed E-state index contributed by atoms with van der Waals surface area (Å²) < 4.78 is 0. The average Bonchev–Trinajstić information content (AvgIpc) is 3.21. The van der Waals surface area contributed by atoms with Gasteiger partial charge in [-0.25, -0.2) is 0 Å². The van der Waals surface area contributed by atoms with E-state index in [1.54, 1.807) is 4.90 Å². The summed E-state index contributed by atoms with van der Waals surface area (Å²) in [5.74, 6) is 0.729. The van der Waals surface area contributed by atoms with Gasteiger partial charge in [0.25, 0.3) is 0 Å². The Kier molecular flexibility index (Phi) is 4.65. The number of carbonyl (C=O) groups is 1. The molecule has 0 aliphatic heterocycles. The molecule has 1 fully saturated rings. The van der Waals surface area contributed by atoms with Gasteiger partial charge in [-0.1, -0.05) is 13.8 Å². The largest absolute Gasteiger partial charge is 0.399 e. The Morgan fingerprint density at radius 2 is 1.90 bits per heavy atom. The lowest BCUT2D eigenvalue weighted by Crippen LogP contribution is -2.41. The molecule has 0 unspecified atom stereocenters. The Labute approximate surface area is 121 Å². The van der Waals surface area contributed by atoms with E-state index in [2.05, 4.69) is 18.7 Å². The van der Waals surface area contributed by atoms with Crippen LogP contribution < -0.4 is 10.6 Å². The van der Waals surface area contributed by atoms with Gasteiger partial charge >= 0.3 is 0 Å². The summed E-state index contributed by atoms with van der Waals surface area (Å²) in [4.78, 5) is 16.4. The zero-order valence-electron chi connectivity index (χ0n) is 12.7. The lowest BCUT2D eigenvalue weighted by molar-refractivity contribution is -0.119. The first-order valence-electron chi connectivity index (χ1n) is 7.33. The quantitative estimate of drug-likeness (QED) is 0.811. The van der Waals surface area contributed by atoms with Gasteiger partial charge in [0.15, 0.2) is 0 Å². The molecule has 1 aliphatic rings. The molecule has 0 saturated heterocycles. The van der Waals surface area contributed by atoms with Crippen molar-refractivity contribution in [3.63, 3.8) is 0 Å². The number of hydrogen-bond acceptors (Lipinski definition) is 3. The molecule has 1 saturated carbocycles. The molecule has 2 N–H and O–H groups in total. The Balaban J connectivity index is 1.97. The van der Waals surface area contributed by atoms with E-state index in [0.29, 0.717) is 24.2 Å². The van der Waals surface area contributed by atoms with E-state index in [1.165, 1.54) is 12.8 Å². The Bertz CT molecular complexity index is 451. The fourth-order valence-corrected chi connectivity index (χ4v) is 2.37. The van der Waals surface area contributed by atoms with Crippen molar-refractivity contribution in [2.24, 2.45) is 5.92 Å². The second-order valence-corrected chi connectivity index (χ2v) is 6.10. The molecular weight excluding hydrogens is 250 g/mol. The van der Waals surface area contributed by atoms with Crippen molar-refractivity contribution in [3.8, 4) is 0 Å². The normalized spacial score (nSPS) is 14.8. The summed E-state index contributed by atoms with van der Waals surface area (Å²) in [5, 5.41) is 0. The zero-order valence-corrected chi connectivity index (χ0v) is 12.7. The van der Waals surface area contributed by atoms with Gasteiger partial charge in [-0.05, 0) is 43.0 Å². The number of nitrogens with zero attached hydrogens (tertiary/aromatic N) is 2. The Morgan fingerprint density at radius 3 is 2.40 bits per heavy atom. The van der Waals surface area contributed by atoms with Gasteiger partial charge in [-0.3, -0.25) is 9.69 Å². The van der Waals surface area contributed by atoms with Gasteiger partial charge in [0.1, 0.15) is 0 Å². The Morgan fingerprint density at radius 1 is 1.30 bits per heavy atom. The van der Waals surface area contributed by atoms with Crippen molar-refractivity contribution in [3.05, 3.63) is 24.3 Å². The van der Waals surface area contributed by atoms with E-state index in [1.807, 2.05) is 31.3 Å². The maximum absolute atomic E-state index is 12.4. The first-order chi connectivity index (χ1) is 9.47. The van der Waals surface area contributed by atoms with E-state index in [9.17, 15) is 4.79 Å². The van der Waals surface area contributed by atoms with Crippen molar-refractivity contribution >= 4 is 17.3 Å². The molecule has 110 valence electrons. The second-order valence-electron chi connectivity index (χ2n) is 6.10. The number of likely N-dealkylation sites (N-methyl/N-ethyl adjacent to an activating group) is 1. The first-order valence-corrected chi connectivity index (χ1v) is 7.33. The summed E-state index contributed by atoms with van der Waals surface area (Å²) in [7, 11) is 1.83. The van der Waals surface area contributed by atoms with E-state index in [-0.39, 0.29) is 5.91 Å². The molecule has 0 radical (unpaired) electrons. The summed E-state index contributed by atoms with van der Waals surface area (Å²) in [6, 6.07) is 8.03. The third kappa shape index (κ3) is 3.97. The summed E-state index contributed by atoms with van der Waals surface area (Å²) in [6.45, 7) is 5.89. The van der Waals surface area contributed by atoms with Crippen LogP contribution in [0.5, 0.6) is 0 Å². The maximum Gasteiger partial charge on any atom is 0.240 e.